The van der Waals surface area contributed by atoms with Crippen LogP contribution < -0.4 is 11.1 Å². The topological polar surface area (TPSA) is 61.6 Å². The van der Waals surface area contributed by atoms with Crippen molar-refractivity contribution in [2.75, 3.05) is 38.5 Å². The van der Waals surface area contributed by atoms with E-state index in [-0.39, 0.29) is 43.1 Å². The van der Waals surface area contributed by atoms with Crippen LogP contribution in [0.15, 0.2) is 24.3 Å². The molecule has 8 heteroatoms. The highest BCUT2D eigenvalue weighted by molar-refractivity contribution is 5.98. The third kappa shape index (κ3) is 6.55. The van der Waals surface area contributed by atoms with Gasteiger partial charge in [0.1, 0.15) is 0 Å². The highest BCUT2D eigenvalue weighted by Gasteiger charge is 2.36. The quantitative estimate of drug-likeness (QED) is 0.778. The van der Waals surface area contributed by atoms with Gasteiger partial charge in [-0.2, -0.15) is 0 Å². The zero-order valence-electron chi connectivity index (χ0n) is 15.3. The van der Waals surface area contributed by atoms with E-state index in [0.717, 1.165) is 64.1 Å². The molecule has 2 aliphatic rings. The van der Waals surface area contributed by atoms with Gasteiger partial charge in [0.25, 0.3) is 0 Å². The van der Waals surface area contributed by atoms with Crippen LogP contribution in [0.25, 0.3) is 0 Å². The summed E-state index contributed by atoms with van der Waals surface area (Å²) in [5.41, 5.74) is 7.65. The van der Waals surface area contributed by atoms with Crippen molar-refractivity contribution in [1.82, 2.24) is 9.80 Å². The van der Waals surface area contributed by atoms with Crippen molar-refractivity contribution in [2.45, 2.75) is 37.8 Å². The van der Waals surface area contributed by atoms with Crippen molar-refractivity contribution in [3.8, 4) is 0 Å². The van der Waals surface area contributed by atoms with E-state index in [4.69, 9.17) is 5.73 Å². The summed E-state index contributed by atoms with van der Waals surface area (Å²) in [5, 5.41) is 3.02. The fourth-order valence-corrected chi connectivity index (χ4v) is 3.50. The Balaban J connectivity index is 0.00000208. The molecule has 26 heavy (non-hydrogen) atoms. The number of hydrogen-bond donors (Lipinski definition) is 2. The lowest BCUT2D eigenvalue weighted by Crippen LogP contribution is -2.48. The molecule has 0 atom stereocenters. The smallest absolute Gasteiger partial charge is 0.244 e. The van der Waals surface area contributed by atoms with Gasteiger partial charge in [0.2, 0.25) is 5.91 Å². The molecular formula is C18H31Cl3N4O. The number of amides is 1. The van der Waals surface area contributed by atoms with Gasteiger partial charge in [0.05, 0.1) is 5.54 Å². The van der Waals surface area contributed by atoms with Crippen LogP contribution in [0.4, 0.5) is 5.69 Å². The van der Waals surface area contributed by atoms with E-state index in [9.17, 15) is 4.79 Å². The Morgan fingerprint density at radius 1 is 1.12 bits per heavy atom. The van der Waals surface area contributed by atoms with Crippen LogP contribution in [0.3, 0.4) is 0 Å². The van der Waals surface area contributed by atoms with E-state index < -0.39 is 5.54 Å². The summed E-state index contributed by atoms with van der Waals surface area (Å²) in [6.45, 7) is 5.36. The third-order valence-corrected chi connectivity index (χ3v) is 5.13. The molecule has 3 rings (SSSR count). The lowest BCUT2D eigenvalue weighted by Gasteiger charge is -2.32. The molecule has 0 radical (unpaired) electrons. The zero-order chi connectivity index (χ0) is 16.3. The minimum absolute atomic E-state index is 0. The minimum atomic E-state index is -0.673. The number of nitrogens with zero attached hydrogens (tertiary/aromatic N) is 2. The van der Waals surface area contributed by atoms with E-state index >= 15 is 0 Å². The molecule has 1 saturated carbocycles. The van der Waals surface area contributed by atoms with Crippen LogP contribution in [0, 0.1) is 0 Å². The van der Waals surface area contributed by atoms with Crippen molar-refractivity contribution < 1.29 is 4.79 Å². The van der Waals surface area contributed by atoms with Crippen molar-refractivity contribution in [1.29, 1.82) is 0 Å². The molecule has 1 amide bonds. The Hall–Kier alpha value is -0.560. The predicted molar refractivity (Wildman–Crippen MR) is 115 cm³/mol. The fourth-order valence-electron chi connectivity index (χ4n) is 3.50. The Labute approximate surface area is 175 Å². The number of nitrogens with two attached hydrogens (primary N) is 1. The van der Waals surface area contributed by atoms with Gasteiger partial charge in [-0.1, -0.05) is 25.0 Å². The van der Waals surface area contributed by atoms with Crippen molar-refractivity contribution in [3.63, 3.8) is 0 Å². The summed E-state index contributed by atoms with van der Waals surface area (Å²) in [5.74, 6) is -0.0354. The Morgan fingerprint density at radius 3 is 2.35 bits per heavy atom. The van der Waals surface area contributed by atoms with Gasteiger partial charge in [-0.15, -0.1) is 37.2 Å². The molecule has 1 aliphatic carbocycles. The van der Waals surface area contributed by atoms with Gasteiger partial charge in [0.15, 0.2) is 0 Å². The lowest BCUT2D eigenvalue weighted by atomic mass is 9.98. The molecule has 1 aromatic rings. The molecule has 0 unspecified atom stereocenters. The zero-order valence-corrected chi connectivity index (χ0v) is 17.7. The van der Waals surface area contributed by atoms with Crippen LogP contribution in [0.5, 0.6) is 0 Å². The molecule has 2 fully saturated rings. The maximum atomic E-state index is 12.4. The number of anilines is 1. The largest absolute Gasteiger partial charge is 0.324 e. The second-order valence-corrected chi connectivity index (χ2v) is 7.10. The summed E-state index contributed by atoms with van der Waals surface area (Å²) in [6, 6.07) is 8.17. The molecule has 1 saturated heterocycles. The van der Waals surface area contributed by atoms with Gasteiger partial charge in [-0.25, -0.2) is 0 Å². The molecule has 1 aromatic carbocycles. The Bertz CT molecular complexity index is 559. The molecule has 0 spiro atoms. The molecule has 150 valence electrons. The monoisotopic (exact) mass is 424 g/mol. The Kier molecular flexibility index (Phi) is 11.1. The van der Waals surface area contributed by atoms with Gasteiger partial charge >= 0.3 is 0 Å². The maximum Gasteiger partial charge on any atom is 0.244 e. The van der Waals surface area contributed by atoms with Gasteiger partial charge in [-0.3, -0.25) is 9.69 Å². The summed E-state index contributed by atoms with van der Waals surface area (Å²) >= 11 is 0. The number of benzene rings is 1. The summed E-state index contributed by atoms with van der Waals surface area (Å²) in [4.78, 5) is 17.2. The first kappa shape index (κ1) is 25.4. The molecular weight excluding hydrogens is 395 g/mol. The summed E-state index contributed by atoms with van der Waals surface area (Å²) in [6.07, 6.45) is 3.68. The second kappa shape index (κ2) is 11.3. The summed E-state index contributed by atoms with van der Waals surface area (Å²) < 4.78 is 0. The van der Waals surface area contributed by atoms with E-state index in [2.05, 4.69) is 34.3 Å². The number of likely N-dealkylation sites (N-methyl/N-ethyl adjacent to an activating group) is 1. The average Bonchev–Trinajstić information content (AvgIpc) is 2.98. The van der Waals surface area contributed by atoms with Crippen molar-refractivity contribution in [3.05, 3.63) is 29.8 Å². The number of halogens is 3. The van der Waals surface area contributed by atoms with Gasteiger partial charge < -0.3 is 16.0 Å². The van der Waals surface area contributed by atoms with Crippen molar-refractivity contribution >= 4 is 48.8 Å². The number of carbonyl (C=O) groups excluding carboxylic acids is 1. The summed E-state index contributed by atoms with van der Waals surface area (Å²) in [7, 11) is 2.17. The third-order valence-electron chi connectivity index (χ3n) is 5.13. The fraction of sp³-hybridized carbons (Fsp3) is 0.611. The predicted octanol–water partition coefficient (Wildman–Crippen LogP) is 2.91. The molecule has 3 N–H and O–H groups in total. The number of piperazine rings is 1. The standard InChI is InChI=1S/C18H28N4O.3ClH/c1-21-9-11-22(12-10-21)14-15-5-4-6-16(13-15)20-17(23)18(19)7-2-3-8-18;;;/h4-6,13H,2-3,7-12,14,19H2,1H3,(H,20,23);3*1H. The van der Waals surface area contributed by atoms with Crippen molar-refractivity contribution in [2.24, 2.45) is 5.73 Å². The number of rotatable bonds is 4. The lowest BCUT2D eigenvalue weighted by molar-refractivity contribution is -0.121. The van der Waals surface area contributed by atoms with Crippen LogP contribution >= 0.6 is 37.2 Å². The van der Waals surface area contributed by atoms with E-state index in [1.807, 2.05) is 12.1 Å². The maximum absolute atomic E-state index is 12.4. The van der Waals surface area contributed by atoms with Gasteiger partial charge in [0, 0.05) is 38.4 Å². The number of nitrogens with one attached hydrogen (secondary N) is 1. The van der Waals surface area contributed by atoms with Crippen LogP contribution in [-0.2, 0) is 11.3 Å². The van der Waals surface area contributed by atoms with Crippen LogP contribution in [0.2, 0.25) is 0 Å². The van der Waals surface area contributed by atoms with E-state index in [0.29, 0.717) is 0 Å². The highest BCUT2D eigenvalue weighted by atomic mass is 35.5. The molecule has 5 nitrogen and oxygen atoms in total. The molecule has 1 aliphatic heterocycles. The number of carbonyl (C=O) groups is 1. The first-order chi connectivity index (χ1) is 11.0. The van der Waals surface area contributed by atoms with E-state index in [1.54, 1.807) is 0 Å². The highest BCUT2D eigenvalue weighted by Crippen LogP contribution is 2.28. The second-order valence-electron chi connectivity index (χ2n) is 7.10. The van der Waals surface area contributed by atoms with Crippen LogP contribution in [0.1, 0.15) is 31.2 Å². The van der Waals surface area contributed by atoms with Crippen LogP contribution in [-0.4, -0.2) is 54.5 Å². The molecule has 0 aromatic heterocycles. The average molecular weight is 426 g/mol. The SMILES string of the molecule is CN1CCN(Cc2cccc(NC(=O)C3(N)CCCC3)c2)CC1.Cl.Cl.Cl. The molecule has 1 heterocycles. The minimum Gasteiger partial charge on any atom is -0.324 e. The normalized spacial score (nSPS) is 19.6. The number of hydrogen-bond acceptors (Lipinski definition) is 4. The first-order valence-corrected chi connectivity index (χ1v) is 8.65. The van der Waals surface area contributed by atoms with Gasteiger partial charge in [-0.05, 0) is 37.6 Å². The first-order valence-electron chi connectivity index (χ1n) is 8.65. The molecule has 0 bridgehead atoms. The van der Waals surface area contributed by atoms with E-state index in [1.165, 1.54) is 5.56 Å². The Morgan fingerprint density at radius 2 is 1.73 bits per heavy atom.